The van der Waals surface area contributed by atoms with E-state index in [0.29, 0.717) is 11.4 Å². The van der Waals surface area contributed by atoms with Crippen LogP contribution in [0.4, 0.5) is 11.4 Å². The van der Waals surface area contributed by atoms with Gasteiger partial charge in [0.05, 0.1) is 0 Å². The Morgan fingerprint density at radius 3 is 1.08 bits per heavy atom. The molecule has 1 fully saturated rings. The van der Waals surface area contributed by atoms with E-state index in [1.54, 1.807) is 13.8 Å². The molecule has 2 aliphatic rings. The van der Waals surface area contributed by atoms with Crippen LogP contribution in [-0.4, -0.2) is 29.8 Å². The predicted molar refractivity (Wildman–Crippen MR) is 210 cm³/mol. The number of ether oxygens (including phenoxy) is 2. The van der Waals surface area contributed by atoms with Crippen LogP contribution in [0, 0.1) is 0 Å². The van der Waals surface area contributed by atoms with Crippen LogP contribution in [0.3, 0.4) is 0 Å². The van der Waals surface area contributed by atoms with Gasteiger partial charge < -0.3 is 20.1 Å². The number of anilines is 2. The second kappa shape index (κ2) is 14.0. The molecule has 0 radical (unpaired) electrons. The molecule has 2 N–H and O–H groups in total. The largest absolute Gasteiger partial charge is 0.334 e. The summed E-state index contributed by atoms with van der Waals surface area (Å²) in [7, 11) is -2.25. The molecular formula is C43H36N2O4P2. The molecule has 2 atom stereocenters. The van der Waals surface area contributed by atoms with Crippen molar-refractivity contribution >= 4 is 70.9 Å². The fourth-order valence-corrected chi connectivity index (χ4v) is 11.9. The Labute approximate surface area is 300 Å². The minimum atomic E-state index is -1.14. The molecule has 2 amide bonds. The van der Waals surface area contributed by atoms with E-state index in [1.165, 1.54) is 21.2 Å². The van der Waals surface area contributed by atoms with E-state index in [0.717, 1.165) is 21.7 Å². The second-order valence-corrected chi connectivity index (χ2v) is 17.2. The van der Waals surface area contributed by atoms with Gasteiger partial charge in [-0.3, -0.25) is 9.59 Å². The Balaban J connectivity index is 1.46. The number of amides is 2. The maximum Gasteiger partial charge on any atom is 0.256 e. The Morgan fingerprint density at radius 1 is 0.451 bits per heavy atom. The molecule has 1 saturated heterocycles. The van der Waals surface area contributed by atoms with Gasteiger partial charge in [0.2, 0.25) is 0 Å². The Morgan fingerprint density at radius 2 is 0.765 bits per heavy atom. The number of nitrogens with one attached hydrogen (secondary N) is 2. The predicted octanol–water partition coefficient (Wildman–Crippen LogP) is 6.28. The molecule has 0 aliphatic carbocycles. The van der Waals surface area contributed by atoms with Gasteiger partial charge in [-0.25, -0.2) is 0 Å². The van der Waals surface area contributed by atoms with Crippen LogP contribution >= 0.6 is 15.8 Å². The Kier molecular flexibility index (Phi) is 9.10. The number of carbonyl (C=O) groups excluding carboxylic acids is 2. The zero-order valence-corrected chi connectivity index (χ0v) is 30.0. The fourth-order valence-electron chi connectivity index (χ4n) is 6.90. The van der Waals surface area contributed by atoms with Crippen LogP contribution in [-0.2, 0) is 19.1 Å². The third kappa shape index (κ3) is 6.53. The first-order valence-electron chi connectivity index (χ1n) is 16.9. The number of hydrogen-bond donors (Lipinski definition) is 2. The van der Waals surface area contributed by atoms with E-state index in [9.17, 15) is 9.59 Å². The van der Waals surface area contributed by atoms with E-state index in [-0.39, 0.29) is 0 Å². The van der Waals surface area contributed by atoms with Gasteiger partial charge in [0, 0.05) is 22.5 Å². The monoisotopic (exact) mass is 706 g/mol. The molecule has 0 spiro atoms. The van der Waals surface area contributed by atoms with E-state index >= 15 is 0 Å². The fraction of sp³-hybridized carbons (Fsp3) is 0.116. The van der Waals surface area contributed by atoms with Gasteiger partial charge in [-0.05, 0) is 73.7 Å². The minimum Gasteiger partial charge on any atom is -0.334 e. The van der Waals surface area contributed by atoms with Crippen molar-refractivity contribution in [2.75, 3.05) is 10.6 Å². The molecule has 51 heavy (non-hydrogen) atoms. The molecule has 2 aliphatic heterocycles. The van der Waals surface area contributed by atoms with Crippen molar-refractivity contribution in [3.63, 3.8) is 0 Å². The number of rotatable bonds is 6. The van der Waals surface area contributed by atoms with Crippen molar-refractivity contribution < 1.29 is 19.1 Å². The van der Waals surface area contributed by atoms with Crippen molar-refractivity contribution in [3.8, 4) is 11.1 Å². The molecule has 8 heteroatoms. The lowest BCUT2D eigenvalue weighted by atomic mass is 9.99. The quantitative estimate of drug-likeness (QED) is 0.200. The van der Waals surface area contributed by atoms with Crippen molar-refractivity contribution in [1.82, 2.24) is 0 Å². The number of benzene rings is 6. The maximum absolute atomic E-state index is 14.2. The standard InChI is InChI=1S/C43H36N2O4P2/c1-43(2)48-39-40(49-43)42(47)45-34-26-16-28-36(51(31-21-11-5-12-22-31)32-23-13-6-14-24-32)38(34)37-33(44-41(39)46)25-15-27-35(37)50(29-17-7-3-8-18-29)30-19-9-4-10-20-30/h3-28,39-40H,1-2H3,(H,44,46)(H,45,47). The Bertz CT molecular complexity index is 1960. The first-order valence-corrected chi connectivity index (χ1v) is 19.6. The van der Waals surface area contributed by atoms with Gasteiger partial charge in [-0.15, -0.1) is 0 Å². The smallest absolute Gasteiger partial charge is 0.256 e. The average molecular weight is 707 g/mol. The van der Waals surface area contributed by atoms with Gasteiger partial charge in [0.15, 0.2) is 18.0 Å². The molecule has 0 saturated carbocycles. The normalized spacial score (nSPS) is 18.0. The zero-order valence-electron chi connectivity index (χ0n) is 28.2. The number of carbonyl (C=O) groups is 2. The Hall–Kier alpha value is -4.96. The van der Waals surface area contributed by atoms with Gasteiger partial charge >= 0.3 is 0 Å². The van der Waals surface area contributed by atoms with Crippen LogP contribution < -0.4 is 42.5 Å². The van der Waals surface area contributed by atoms with Crippen molar-refractivity contribution in [1.29, 1.82) is 0 Å². The van der Waals surface area contributed by atoms with Gasteiger partial charge in [0.1, 0.15) is 0 Å². The molecule has 6 aromatic rings. The molecule has 6 nitrogen and oxygen atoms in total. The summed E-state index contributed by atoms with van der Waals surface area (Å²) in [5.74, 6) is -1.99. The molecule has 252 valence electrons. The first-order chi connectivity index (χ1) is 24.9. The average Bonchev–Trinajstić information content (AvgIpc) is 3.50. The van der Waals surface area contributed by atoms with Crippen molar-refractivity contribution in [2.24, 2.45) is 0 Å². The lowest BCUT2D eigenvalue weighted by molar-refractivity contribution is -0.156. The third-order valence-corrected chi connectivity index (χ3v) is 14.0. The molecule has 6 aromatic carbocycles. The van der Waals surface area contributed by atoms with Crippen LogP contribution in [0.2, 0.25) is 0 Å². The third-order valence-electron chi connectivity index (χ3n) is 9.00. The number of fused-ring (bicyclic) bond motifs is 4. The highest BCUT2D eigenvalue weighted by Crippen LogP contribution is 2.46. The highest BCUT2D eigenvalue weighted by Gasteiger charge is 2.49. The van der Waals surface area contributed by atoms with Crippen LogP contribution in [0.15, 0.2) is 158 Å². The lowest BCUT2D eigenvalue weighted by Crippen LogP contribution is -2.44. The van der Waals surface area contributed by atoms with E-state index in [1.807, 2.05) is 48.5 Å². The van der Waals surface area contributed by atoms with Crippen LogP contribution in [0.1, 0.15) is 13.8 Å². The van der Waals surface area contributed by atoms with Crippen molar-refractivity contribution in [2.45, 2.75) is 31.8 Å². The summed E-state index contributed by atoms with van der Waals surface area (Å²) < 4.78 is 12.2. The van der Waals surface area contributed by atoms with Gasteiger partial charge in [0.25, 0.3) is 11.8 Å². The SMILES string of the molecule is CC1(C)OC2C(=O)Nc3cccc(P(c4ccccc4)c4ccccc4)c3-c3c(cccc3P(c3ccccc3)c3ccccc3)NC(=O)C2O1. The molecule has 2 heterocycles. The maximum atomic E-state index is 14.2. The van der Waals surface area contributed by atoms with Crippen molar-refractivity contribution in [3.05, 3.63) is 158 Å². The molecule has 0 bridgehead atoms. The van der Waals surface area contributed by atoms with E-state index < -0.39 is 45.7 Å². The molecular weight excluding hydrogens is 670 g/mol. The first kappa shape index (κ1) is 33.2. The van der Waals surface area contributed by atoms with Gasteiger partial charge in [-0.1, -0.05) is 146 Å². The van der Waals surface area contributed by atoms with E-state index in [2.05, 4.69) is 120 Å². The summed E-state index contributed by atoms with van der Waals surface area (Å²) in [4.78, 5) is 28.4. The van der Waals surface area contributed by atoms with Gasteiger partial charge in [-0.2, -0.15) is 0 Å². The second-order valence-electron chi connectivity index (χ2n) is 12.9. The zero-order chi connectivity index (χ0) is 35.0. The summed E-state index contributed by atoms with van der Waals surface area (Å²) in [5.41, 5.74) is 3.02. The summed E-state index contributed by atoms with van der Waals surface area (Å²) in [6.07, 6.45) is -2.28. The van der Waals surface area contributed by atoms with Crippen LogP contribution in [0.5, 0.6) is 0 Å². The molecule has 8 rings (SSSR count). The highest BCUT2D eigenvalue weighted by molar-refractivity contribution is 7.80. The van der Waals surface area contributed by atoms with Crippen LogP contribution in [0.25, 0.3) is 11.1 Å². The summed E-state index contributed by atoms with van der Waals surface area (Å²) >= 11 is 0. The summed E-state index contributed by atoms with van der Waals surface area (Å²) in [6.45, 7) is 3.44. The summed E-state index contributed by atoms with van der Waals surface area (Å²) in [6, 6.07) is 54.3. The lowest BCUT2D eigenvalue weighted by Gasteiger charge is -2.30. The minimum absolute atomic E-state index is 0.433. The van der Waals surface area contributed by atoms with E-state index in [4.69, 9.17) is 9.47 Å². The molecule has 2 unspecified atom stereocenters. The summed E-state index contributed by atoms with van der Waals surface area (Å²) in [5, 5.41) is 13.3. The molecule has 0 aromatic heterocycles. The number of hydrogen-bond acceptors (Lipinski definition) is 4. The topological polar surface area (TPSA) is 76.7 Å². The highest BCUT2D eigenvalue weighted by atomic mass is 31.1.